The first-order chi connectivity index (χ1) is 5.76. The van der Waals surface area contributed by atoms with Crippen LogP contribution in [0.15, 0.2) is 0 Å². The van der Waals surface area contributed by atoms with Crippen molar-refractivity contribution in [3.8, 4) is 0 Å². The molecule has 0 unspecified atom stereocenters. The van der Waals surface area contributed by atoms with E-state index < -0.39 is 0 Å². The average Bonchev–Trinajstić information content (AvgIpc) is 2.18. The van der Waals surface area contributed by atoms with E-state index in [1.165, 1.54) is 50.3 Å². The van der Waals surface area contributed by atoms with E-state index in [1.54, 1.807) is 0 Å². The molecule has 0 atom stereocenters. The lowest BCUT2D eigenvalue weighted by Crippen LogP contribution is -2.59. The van der Waals surface area contributed by atoms with Crippen molar-refractivity contribution in [1.29, 1.82) is 0 Å². The van der Waals surface area contributed by atoms with E-state index in [2.05, 4.69) is 25.7 Å². The van der Waals surface area contributed by atoms with Gasteiger partial charge in [-0.25, -0.2) is 0 Å². The van der Waals surface area contributed by atoms with Gasteiger partial charge in [0.15, 0.2) is 0 Å². The number of piperazine rings is 1. The van der Waals surface area contributed by atoms with Gasteiger partial charge in [0, 0.05) is 13.1 Å². The number of likely N-dealkylation sites (N-methyl/N-ethyl adjacent to an activating group) is 2. The summed E-state index contributed by atoms with van der Waals surface area (Å²) in [5, 5.41) is 0. The van der Waals surface area contributed by atoms with Crippen LogP contribution in [0.4, 0.5) is 0 Å². The zero-order valence-corrected chi connectivity index (χ0v) is 8.84. The Labute approximate surface area is 76.7 Å². The van der Waals surface area contributed by atoms with Crippen LogP contribution in [0.1, 0.15) is 20.8 Å². The highest BCUT2D eigenvalue weighted by molar-refractivity contribution is 4.61. The van der Waals surface area contributed by atoms with Gasteiger partial charge < -0.3 is 4.48 Å². The molecule has 0 bridgehead atoms. The van der Waals surface area contributed by atoms with Crippen LogP contribution in [0.25, 0.3) is 0 Å². The summed E-state index contributed by atoms with van der Waals surface area (Å²) in [4.78, 5) is 2.56. The normalized spacial score (nSPS) is 24.2. The molecule has 12 heavy (non-hydrogen) atoms. The Hall–Kier alpha value is -0.0800. The summed E-state index contributed by atoms with van der Waals surface area (Å²) < 4.78 is 1.34. The third kappa shape index (κ3) is 1.99. The molecule has 1 rings (SSSR count). The lowest BCUT2D eigenvalue weighted by atomic mass is 10.2. The summed E-state index contributed by atoms with van der Waals surface area (Å²) in [5.74, 6) is 0. The Morgan fingerprint density at radius 2 is 1.50 bits per heavy atom. The fourth-order valence-electron chi connectivity index (χ4n) is 2.10. The van der Waals surface area contributed by atoms with Gasteiger partial charge >= 0.3 is 0 Å². The van der Waals surface area contributed by atoms with Gasteiger partial charge in [0.05, 0.1) is 26.2 Å². The van der Waals surface area contributed by atoms with Gasteiger partial charge in [-0.05, 0) is 20.4 Å². The first-order valence-electron chi connectivity index (χ1n) is 5.33. The number of hydrogen-bond donors (Lipinski definition) is 0. The summed E-state index contributed by atoms with van der Waals surface area (Å²) in [7, 11) is 0. The van der Waals surface area contributed by atoms with E-state index in [0.29, 0.717) is 0 Å². The van der Waals surface area contributed by atoms with Gasteiger partial charge in [0.1, 0.15) is 0 Å². The van der Waals surface area contributed by atoms with E-state index in [0.717, 1.165) is 0 Å². The minimum atomic E-state index is 1.23. The number of nitrogens with zero attached hydrogens (tertiary/aromatic N) is 2. The van der Waals surface area contributed by atoms with Gasteiger partial charge in [0.2, 0.25) is 0 Å². The molecule has 72 valence electrons. The highest BCUT2D eigenvalue weighted by atomic mass is 15.4. The van der Waals surface area contributed by atoms with Crippen molar-refractivity contribution in [2.45, 2.75) is 20.8 Å². The van der Waals surface area contributed by atoms with Crippen LogP contribution in [0.5, 0.6) is 0 Å². The largest absolute Gasteiger partial charge is 0.322 e. The number of hydrogen-bond acceptors (Lipinski definition) is 1. The second kappa shape index (κ2) is 4.24. The van der Waals surface area contributed by atoms with Gasteiger partial charge in [-0.15, -0.1) is 0 Å². The van der Waals surface area contributed by atoms with Crippen molar-refractivity contribution >= 4 is 0 Å². The lowest BCUT2D eigenvalue weighted by Gasteiger charge is -2.43. The molecule has 2 nitrogen and oxygen atoms in total. The van der Waals surface area contributed by atoms with Crippen molar-refractivity contribution in [2.75, 3.05) is 45.8 Å². The molecule has 1 heterocycles. The molecule has 0 aromatic heterocycles. The van der Waals surface area contributed by atoms with E-state index >= 15 is 0 Å². The van der Waals surface area contributed by atoms with Gasteiger partial charge in [0.25, 0.3) is 0 Å². The Kier molecular flexibility index (Phi) is 3.53. The predicted molar refractivity (Wildman–Crippen MR) is 53.2 cm³/mol. The maximum atomic E-state index is 2.56. The molecule has 2 heteroatoms. The molecule has 0 aliphatic carbocycles. The van der Waals surface area contributed by atoms with Gasteiger partial charge in [-0.1, -0.05) is 6.92 Å². The Morgan fingerprint density at radius 1 is 1.00 bits per heavy atom. The molecule has 1 fully saturated rings. The van der Waals surface area contributed by atoms with Crippen LogP contribution in [0, 0.1) is 0 Å². The average molecular weight is 171 g/mol. The minimum absolute atomic E-state index is 1.23. The fourth-order valence-corrected chi connectivity index (χ4v) is 2.10. The van der Waals surface area contributed by atoms with Crippen molar-refractivity contribution in [3.05, 3.63) is 0 Å². The maximum absolute atomic E-state index is 2.56. The number of rotatable bonds is 3. The molecule has 1 saturated heterocycles. The Morgan fingerprint density at radius 3 is 1.83 bits per heavy atom. The second-order valence-electron chi connectivity index (χ2n) is 3.86. The van der Waals surface area contributed by atoms with Crippen molar-refractivity contribution in [2.24, 2.45) is 0 Å². The molecule has 0 amide bonds. The van der Waals surface area contributed by atoms with Gasteiger partial charge in [-0.3, -0.25) is 4.90 Å². The molecule has 0 N–H and O–H groups in total. The molecular weight excluding hydrogens is 148 g/mol. The van der Waals surface area contributed by atoms with Crippen LogP contribution in [0.2, 0.25) is 0 Å². The summed E-state index contributed by atoms with van der Waals surface area (Å²) in [6.07, 6.45) is 0. The van der Waals surface area contributed by atoms with Gasteiger partial charge in [-0.2, -0.15) is 0 Å². The third-order valence-corrected chi connectivity index (χ3v) is 3.57. The van der Waals surface area contributed by atoms with Crippen LogP contribution in [-0.2, 0) is 0 Å². The lowest BCUT2D eigenvalue weighted by molar-refractivity contribution is -0.928. The van der Waals surface area contributed by atoms with Crippen molar-refractivity contribution in [3.63, 3.8) is 0 Å². The standard InChI is InChI=1S/C10H23N2/c1-4-11-7-9-12(5-2,6-3)10-8-11/h4-10H2,1-3H3/q+1. The van der Waals surface area contributed by atoms with Crippen LogP contribution in [-0.4, -0.2) is 55.2 Å². The molecule has 0 aromatic carbocycles. The molecule has 0 spiro atoms. The topological polar surface area (TPSA) is 3.24 Å². The van der Waals surface area contributed by atoms with E-state index in [-0.39, 0.29) is 0 Å². The minimum Gasteiger partial charge on any atom is -0.322 e. The monoisotopic (exact) mass is 171 g/mol. The zero-order chi connectivity index (χ0) is 9.03. The maximum Gasteiger partial charge on any atom is 0.0916 e. The Bertz CT molecular complexity index is 120. The Balaban J connectivity index is 2.42. The second-order valence-corrected chi connectivity index (χ2v) is 3.86. The summed E-state index contributed by atoms with van der Waals surface area (Å²) in [5.41, 5.74) is 0. The quantitative estimate of drug-likeness (QED) is 0.576. The summed E-state index contributed by atoms with van der Waals surface area (Å²) in [6.45, 7) is 16.1. The van der Waals surface area contributed by atoms with E-state index in [1.807, 2.05) is 0 Å². The highest BCUT2D eigenvalue weighted by Crippen LogP contribution is 2.11. The van der Waals surface area contributed by atoms with E-state index in [4.69, 9.17) is 0 Å². The molecule has 0 saturated carbocycles. The third-order valence-electron chi connectivity index (χ3n) is 3.57. The zero-order valence-electron chi connectivity index (χ0n) is 8.84. The number of quaternary nitrogens is 1. The van der Waals surface area contributed by atoms with Crippen LogP contribution in [0.3, 0.4) is 0 Å². The molecule has 1 aliphatic rings. The molecule has 0 aromatic rings. The summed E-state index contributed by atoms with van der Waals surface area (Å²) >= 11 is 0. The highest BCUT2D eigenvalue weighted by Gasteiger charge is 2.28. The van der Waals surface area contributed by atoms with Crippen molar-refractivity contribution in [1.82, 2.24) is 4.90 Å². The first-order valence-corrected chi connectivity index (χ1v) is 5.33. The first kappa shape index (κ1) is 10.0. The van der Waals surface area contributed by atoms with E-state index in [9.17, 15) is 0 Å². The molecule has 0 radical (unpaired) electrons. The van der Waals surface area contributed by atoms with Crippen LogP contribution < -0.4 is 0 Å². The van der Waals surface area contributed by atoms with Crippen LogP contribution >= 0.6 is 0 Å². The predicted octanol–water partition coefficient (Wildman–Crippen LogP) is 1.18. The summed E-state index contributed by atoms with van der Waals surface area (Å²) in [6, 6.07) is 0. The smallest absolute Gasteiger partial charge is 0.0916 e. The van der Waals surface area contributed by atoms with Crippen molar-refractivity contribution < 1.29 is 4.48 Å². The SMILES string of the molecule is CCN1CC[N+](CC)(CC)CC1. The molecule has 1 aliphatic heterocycles. The molecular formula is C10H23N2+. The fraction of sp³-hybridized carbons (Fsp3) is 1.00.